The van der Waals surface area contributed by atoms with E-state index in [2.05, 4.69) is 41.4 Å². The zero-order chi connectivity index (χ0) is 13.5. The number of methoxy groups -OCH3 is 1. The van der Waals surface area contributed by atoms with Crippen molar-refractivity contribution in [1.82, 2.24) is 10.2 Å². The number of nitrogens with zero attached hydrogens (tertiary/aromatic N) is 1. The Hall–Kier alpha value is -0.900. The van der Waals surface area contributed by atoms with Gasteiger partial charge in [0, 0.05) is 20.2 Å². The average Bonchev–Trinajstić information content (AvgIpc) is 2.89. The Morgan fingerprint density at radius 1 is 1.26 bits per heavy atom. The Labute approximate surface area is 116 Å². The van der Waals surface area contributed by atoms with Crippen molar-refractivity contribution in [3.63, 3.8) is 0 Å². The highest BCUT2D eigenvalue weighted by atomic mass is 16.5. The lowest BCUT2D eigenvalue weighted by Crippen LogP contribution is -2.26. The molecule has 106 valence electrons. The molecule has 1 saturated heterocycles. The predicted octanol–water partition coefficient (Wildman–Crippen LogP) is 2.26. The monoisotopic (exact) mass is 262 g/mol. The third-order valence-electron chi connectivity index (χ3n) is 3.91. The highest BCUT2D eigenvalue weighted by Crippen LogP contribution is 2.14. The molecule has 1 N–H and O–H groups in total. The summed E-state index contributed by atoms with van der Waals surface area (Å²) < 4.78 is 5.12. The van der Waals surface area contributed by atoms with Crippen LogP contribution in [-0.4, -0.2) is 38.2 Å². The standard InChI is InChI=1S/C16H26N2O/c1-3-18-9-8-16(12-18)11-17-10-14-4-6-15(7-5-14)13-19-2/h4-7,16-17H,3,8-13H2,1-2H3. The van der Waals surface area contributed by atoms with Crippen LogP contribution in [0.1, 0.15) is 24.5 Å². The zero-order valence-electron chi connectivity index (χ0n) is 12.2. The minimum Gasteiger partial charge on any atom is -0.380 e. The van der Waals surface area contributed by atoms with Crippen LogP contribution in [0.25, 0.3) is 0 Å². The SMILES string of the molecule is CCN1CCC(CNCc2ccc(COC)cc2)C1. The molecule has 0 amide bonds. The molecule has 19 heavy (non-hydrogen) atoms. The molecule has 1 aromatic rings. The molecule has 1 unspecified atom stereocenters. The van der Waals surface area contributed by atoms with E-state index in [1.165, 1.54) is 37.2 Å². The van der Waals surface area contributed by atoms with Crippen LogP contribution in [0, 0.1) is 5.92 Å². The summed E-state index contributed by atoms with van der Waals surface area (Å²) in [5.41, 5.74) is 2.59. The second-order valence-electron chi connectivity index (χ2n) is 5.43. The Morgan fingerprint density at radius 2 is 2.00 bits per heavy atom. The Morgan fingerprint density at radius 3 is 2.63 bits per heavy atom. The largest absolute Gasteiger partial charge is 0.380 e. The van der Waals surface area contributed by atoms with E-state index in [4.69, 9.17) is 4.74 Å². The summed E-state index contributed by atoms with van der Waals surface area (Å²) in [6, 6.07) is 8.67. The first-order chi connectivity index (χ1) is 9.31. The summed E-state index contributed by atoms with van der Waals surface area (Å²) in [4.78, 5) is 2.53. The third-order valence-corrected chi connectivity index (χ3v) is 3.91. The van der Waals surface area contributed by atoms with Gasteiger partial charge in [-0.3, -0.25) is 0 Å². The van der Waals surface area contributed by atoms with Crippen LogP contribution in [0.5, 0.6) is 0 Å². The molecule has 1 aliphatic heterocycles. The Kier molecular flexibility index (Phi) is 5.83. The number of ether oxygens (including phenoxy) is 1. The lowest BCUT2D eigenvalue weighted by Gasteiger charge is -2.13. The van der Waals surface area contributed by atoms with Gasteiger partial charge in [0.15, 0.2) is 0 Å². The first-order valence-corrected chi connectivity index (χ1v) is 7.31. The predicted molar refractivity (Wildman–Crippen MR) is 79.1 cm³/mol. The molecule has 0 aliphatic carbocycles. The maximum absolute atomic E-state index is 5.12. The highest BCUT2D eigenvalue weighted by molar-refractivity contribution is 5.21. The molecule has 1 aromatic carbocycles. The van der Waals surface area contributed by atoms with Gasteiger partial charge in [0.1, 0.15) is 0 Å². The molecule has 3 nitrogen and oxygen atoms in total. The minimum atomic E-state index is 0.697. The van der Waals surface area contributed by atoms with Gasteiger partial charge in [0.25, 0.3) is 0 Å². The highest BCUT2D eigenvalue weighted by Gasteiger charge is 2.20. The van der Waals surface area contributed by atoms with E-state index in [0.29, 0.717) is 6.61 Å². The minimum absolute atomic E-state index is 0.697. The summed E-state index contributed by atoms with van der Waals surface area (Å²) in [7, 11) is 1.73. The van der Waals surface area contributed by atoms with Gasteiger partial charge in [-0.25, -0.2) is 0 Å². The molecule has 3 heteroatoms. The molecular weight excluding hydrogens is 236 g/mol. The number of hydrogen-bond acceptors (Lipinski definition) is 3. The average molecular weight is 262 g/mol. The van der Waals surface area contributed by atoms with Gasteiger partial charge >= 0.3 is 0 Å². The van der Waals surface area contributed by atoms with Crippen molar-refractivity contribution in [3.05, 3.63) is 35.4 Å². The number of nitrogens with one attached hydrogen (secondary N) is 1. The Bertz CT molecular complexity index is 364. The number of likely N-dealkylation sites (tertiary alicyclic amines) is 1. The summed E-state index contributed by atoms with van der Waals surface area (Å²) >= 11 is 0. The molecule has 1 aliphatic rings. The molecule has 1 heterocycles. The molecule has 1 fully saturated rings. The van der Waals surface area contributed by atoms with Gasteiger partial charge in [-0.1, -0.05) is 31.2 Å². The quantitative estimate of drug-likeness (QED) is 0.816. The molecule has 0 bridgehead atoms. The van der Waals surface area contributed by atoms with E-state index in [-0.39, 0.29) is 0 Å². The fraction of sp³-hybridized carbons (Fsp3) is 0.625. The second-order valence-corrected chi connectivity index (χ2v) is 5.43. The normalized spacial score (nSPS) is 20.0. The van der Waals surface area contributed by atoms with Crippen LogP contribution in [0.2, 0.25) is 0 Å². The molecule has 1 atom stereocenters. The van der Waals surface area contributed by atoms with Crippen molar-refractivity contribution in [2.24, 2.45) is 5.92 Å². The van der Waals surface area contributed by atoms with E-state index in [0.717, 1.165) is 19.0 Å². The van der Waals surface area contributed by atoms with E-state index < -0.39 is 0 Å². The Balaban J connectivity index is 1.68. The topological polar surface area (TPSA) is 24.5 Å². The van der Waals surface area contributed by atoms with Crippen molar-refractivity contribution in [2.75, 3.05) is 33.3 Å². The number of rotatable bonds is 7. The molecule has 0 spiro atoms. The fourth-order valence-corrected chi connectivity index (χ4v) is 2.71. The summed E-state index contributed by atoms with van der Waals surface area (Å²) in [6.45, 7) is 8.77. The number of hydrogen-bond donors (Lipinski definition) is 1. The van der Waals surface area contributed by atoms with Crippen molar-refractivity contribution in [1.29, 1.82) is 0 Å². The second kappa shape index (κ2) is 7.63. The molecular formula is C16H26N2O. The van der Waals surface area contributed by atoms with E-state index >= 15 is 0 Å². The maximum Gasteiger partial charge on any atom is 0.0713 e. The van der Waals surface area contributed by atoms with Crippen LogP contribution in [0.3, 0.4) is 0 Å². The van der Waals surface area contributed by atoms with Gasteiger partial charge in [0.2, 0.25) is 0 Å². The molecule has 2 rings (SSSR count). The van der Waals surface area contributed by atoms with Gasteiger partial charge in [-0.2, -0.15) is 0 Å². The summed E-state index contributed by atoms with van der Waals surface area (Å²) in [5, 5.41) is 3.58. The van der Waals surface area contributed by atoms with E-state index in [9.17, 15) is 0 Å². The first kappa shape index (κ1) is 14.5. The van der Waals surface area contributed by atoms with Gasteiger partial charge in [-0.05, 0) is 43.1 Å². The van der Waals surface area contributed by atoms with Crippen molar-refractivity contribution in [3.8, 4) is 0 Å². The van der Waals surface area contributed by atoms with Gasteiger partial charge in [0.05, 0.1) is 6.61 Å². The molecule has 0 aromatic heterocycles. The van der Waals surface area contributed by atoms with Crippen LogP contribution >= 0.6 is 0 Å². The van der Waals surface area contributed by atoms with Crippen molar-refractivity contribution in [2.45, 2.75) is 26.5 Å². The number of benzene rings is 1. The lowest BCUT2D eigenvalue weighted by atomic mass is 10.1. The summed E-state index contributed by atoms with van der Waals surface area (Å²) in [6.07, 6.45) is 1.34. The maximum atomic E-state index is 5.12. The third kappa shape index (κ3) is 4.60. The zero-order valence-corrected chi connectivity index (χ0v) is 12.2. The van der Waals surface area contributed by atoms with Crippen LogP contribution in [0.4, 0.5) is 0 Å². The lowest BCUT2D eigenvalue weighted by molar-refractivity contribution is 0.185. The molecule has 0 radical (unpaired) electrons. The fourth-order valence-electron chi connectivity index (χ4n) is 2.71. The molecule has 0 saturated carbocycles. The van der Waals surface area contributed by atoms with Crippen molar-refractivity contribution < 1.29 is 4.74 Å². The van der Waals surface area contributed by atoms with Crippen LogP contribution in [0.15, 0.2) is 24.3 Å². The van der Waals surface area contributed by atoms with Gasteiger partial charge in [-0.15, -0.1) is 0 Å². The van der Waals surface area contributed by atoms with Crippen LogP contribution < -0.4 is 5.32 Å². The van der Waals surface area contributed by atoms with Crippen molar-refractivity contribution >= 4 is 0 Å². The van der Waals surface area contributed by atoms with Crippen LogP contribution in [-0.2, 0) is 17.9 Å². The smallest absolute Gasteiger partial charge is 0.0713 e. The van der Waals surface area contributed by atoms with E-state index in [1.807, 2.05) is 0 Å². The summed E-state index contributed by atoms with van der Waals surface area (Å²) in [5.74, 6) is 0.827. The van der Waals surface area contributed by atoms with Gasteiger partial charge < -0.3 is 15.0 Å². The first-order valence-electron chi connectivity index (χ1n) is 7.31. The van der Waals surface area contributed by atoms with E-state index in [1.54, 1.807) is 7.11 Å².